The fraction of sp³-hybridized carbons (Fsp3) is 0.692. The predicted octanol–water partition coefficient (Wildman–Crippen LogP) is 2.62. The highest BCUT2D eigenvalue weighted by molar-refractivity contribution is 5.94. The Kier molecular flexibility index (Phi) is 4.15. The number of amides is 1. The van der Waals surface area contributed by atoms with E-state index >= 15 is 0 Å². The second-order valence-electron chi connectivity index (χ2n) is 5.55. The maximum absolute atomic E-state index is 12.6. The van der Waals surface area contributed by atoms with Crippen LogP contribution in [0.2, 0.25) is 0 Å². The molecule has 1 heterocycles. The highest BCUT2D eigenvalue weighted by Gasteiger charge is 2.42. The van der Waals surface area contributed by atoms with Crippen molar-refractivity contribution in [1.29, 1.82) is 0 Å². The van der Waals surface area contributed by atoms with E-state index in [0.717, 1.165) is 0 Å². The SMILES string of the molecule is Cc1nn(C)c(NC(=O)C2CCC(C(F)(F)F)CC2)c1N. The molecule has 0 saturated heterocycles. The topological polar surface area (TPSA) is 72.9 Å². The zero-order valence-electron chi connectivity index (χ0n) is 12.0. The van der Waals surface area contributed by atoms with Crippen LogP contribution in [0.5, 0.6) is 0 Å². The maximum Gasteiger partial charge on any atom is 0.391 e. The summed E-state index contributed by atoms with van der Waals surface area (Å²) in [6, 6.07) is 0. The normalized spacial score (nSPS) is 23.1. The third kappa shape index (κ3) is 3.30. The Morgan fingerprint density at radius 2 is 1.90 bits per heavy atom. The number of nitrogens with one attached hydrogen (secondary N) is 1. The molecule has 0 aromatic carbocycles. The summed E-state index contributed by atoms with van der Waals surface area (Å²) in [7, 11) is 1.65. The van der Waals surface area contributed by atoms with Crippen LogP contribution in [0.4, 0.5) is 24.7 Å². The molecule has 1 aliphatic carbocycles. The Morgan fingerprint density at radius 1 is 1.33 bits per heavy atom. The summed E-state index contributed by atoms with van der Waals surface area (Å²) in [4.78, 5) is 12.1. The first kappa shape index (κ1) is 15.7. The van der Waals surface area contributed by atoms with Crippen molar-refractivity contribution >= 4 is 17.4 Å². The smallest absolute Gasteiger partial charge is 0.391 e. The molecule has 0 atom stereocenters. The van der Waals surface area contributed by atoms with Gasteiger partial charge in [0.15, 0.2) is 5.82 Å². The van der Waals surface area contributed by atoms with Gasteiger partial charge < -0.3 is 11.1 Å². The summed E-state index contributed by atoms with van der Waals surface area (Å²) in [6.07, 6.45) is -3.67. The molecule has 8 heteroatoms. The number of nitrogens with two attached hydrogens (primary N) is 1. The summed E-state index contributed by atoms with van der Waals surface area (Å²) >= 11 is 0. The van der Waals surface area contributed by atoms with Crippen LogP contribution in [0.25, 0.3) is 0 Å². The number of hydrogen-bond donors (Lipinski definition) is 2. The van der Waals surface area contributed by atoms with Crippen molar-refractivity contribution in [2.75, 3.05) is 11.1 Å². The molecule has 21 heavy (non-hydrogen) atoms. The number of rotatable bonds is 2. The predicted molar refractivity (Wildman–Crippen MR) is 72.5 cm³/mol. The first-order valence-corrected chi connectivity index (χ1v) is 6.86. The third-order valence-corrected chi connectivity index (χ3v) is 4.07. The molecule has 1 saturated carbocycles. The van der Waals surface area contributed by atoms with Crippen molar-refractivity contribution in [1.82, 2.24) is 9.78 Å². The molecule has 1 aromatic heterocycles. The van der Waals surface area contributed by atoms with E-state index in [0.29, 0.717) is 17.2 Å². The Labute approximate surface area is 120 Å². The molecule has 118 valence electrons. The first-order chi connectivity index (χ1) is 9.70. The lowest BCUT2D eigenvalue weighted by molar-refractivity contribution is -0.184. The van der Waals surface area contributed by atoms with E-state index in [-0.39, 0.29) is 31.6 Å². The Bertz CT molecular complexity index is 530. The van der Waals surface area contributed by atoms with E-state index in [9.17, 15) is 18.0 Å². The average Bonchev–Trinajstić information content (AvgIpc) is 2.64. The van der Waals surface area contributed by atoms with E-state index in [1.54, 1.807) is 14.0 Å². The number of aromatic nitrogens is 2. The second-order valence-corrected chi connectivity index (χ2v) is 5.55. The van der Waals surface area contributed by atoms with E-state index in [2.05, 4.69) is 10.4 Å². The van der Waals surface area contributed by atoms with Crippen LogP contribution in [0, 0.1) is 18.8 Å². The van der Waals surface area contributed by atoms with Crippen LogP contribution < -0.4 is 11.1 Å². The van der Waals surface area contributed by atoms with Crippen LogP contribution in [0.1, 0.15) is 31.4 Å². The van der Waals surface area contributed by atoms with Gasteiger partial charge in [0.2, 0.25) is 5.91 Å². The number of hydrogen-bond acceptors (Lipinski definition) is 3. The van der Waals surface area contributed by atoms with Gasteiger partial charge in [-0.05, 0) is 32.6 Å². The largest absolute Gasteiger partial charge is 0.394 e. The summed E-state index contributed by atoms with van der Waals surface area (Å²) in [5.41, 5.74) is 6.80. The van der Waals surface area contributed by atoms with Gasteiger partial charge in [-0.2, -0.15) is 18.3 Å². The van der Waals surface area contributed by atoms with Crippen LogP contribution in [0.3, 0.4) is 0 Å². The molecule has 5 nitrogen and oxygen atoms in total. The van der Waals surface area contributed by atoms with Gasteiger partial charge >= 0.3 is 6.18 Å². The van der Waals surface area contributed by atoms with Crippen LogP contribution in [-0.2, 0) is 11.8 Å². The van der Waals surface area contributed by atoms with Gasteiger partial charge in [0, 0.05) is 13.0 Å². The number of carbonyl (C=O) groups excluding carboxylic acids is 1. The van der Waals surface area contributed by atoms with Crippen molar-refractivity contribution in [3.05, 3.63) is 5.69 Å². The number of anilines is 2. The highest BCUT2D eigenvalue weighted by Crippen LogP contribution is 2.39. The quantitative estimate of drug-likeness (QED) is 0.882. The molecular formula is C13H19F3N4O. The van der Waals surface area contributed by atoms with E-state index < -0.39 is 18.0 Å². The highest BCUT2D eigenvalue weighted by atomic mass is 19.4. The second kappa shape index (κ2) is 5.57. The Balaban J connectivity index is 1.97. The molecule has 1 aliphatic rings. The fourth-order valence-corrected chi connectivity index (χ4v) is 2.72. The van der Waals surface area contributed by atoms with Crippen LogP contribution in [-0.4, -0.2) is 21.9 Å². The van der Waals surface area contributed by atoms with Crippen molar-refractivity contribution < 1.29 is 18.0 Å². The number of halogens is 3. The zero-order valence-corrected chi connectivity index (χ0v) is 12.0. The lowest BCUT2D eigenvalue weighted by Crippen LogP contribution is -2.33. The number of nitrogen functional groups attached to an aromatic ring is 1. The molecule has 0 aliphatic heterocycles. The van der Waals surface area contributed by atoms with Gasteiger partial charge in [-0.3, -0.25) is 9.48 Å². The molecule has 2 rings (SSSR count). The first-order valence-electron chi connectivity index (χ1n) is 6.86. The van der Waals surface area contributed by atoms with Gasteiger partial charge in [-0.25, -0.2) is 0 Å². The number of carbonyl (C=O) groups is 1. The van der Waals surface area contributed by atoms with Crippen molar-refractivity contribution in [2.45, 2.75) is 38.8 Å². The van der Waals surface area contributed by atoms with E-state index in [1.165, 1.54) is 4.68 Å². The maximum atomic E-state index is 12.6. The minimum absolute atomic E-state index is 0.00147. The Morgan fingerprint density at radius 3 is 2.33 bits per heavy atom. The van der Waals surface area contributed by atoms with Crippen molar-refractivity contribution in [2.24, 2.45) is 18.9 Å². The molecule has 0 unspecified atom stereocenters. The number of nitrogens with zero attached hydrogens (tertiary/aromatic N) is 2. The molecule has 1 aromatic rings. The van der Waals surface area contributed by atoms with Crippen molar-refractivity contribution in [3.8, 4) is 0 Å². The average molecular weight is 304 g/mol. The monoisotopic (exact) mass is 304 g/mol. The molecule has 1 fully saturated rings. The molecule has 0 radical (unpaired) electrons. The number of aryl methyl sites for hydroxylation is 2. The summed E-state index contributed by atoms with van der Waals surface area (Å²) < 4.78 is 39.3. The number of alkyl halides is 3. The lowest BCUT2D eigenvalue weighted by atomic mass is 9.81. The summed E-state index contributed by atoms with van der Waals surface area (Å²) in [5.74, 6) is -1.58. The summed E-state index contributed by atoms with van der Waals surface area (Å²) in [5, 5.41) is 6.76. The van der Waals surface area contributed by atoms with E-state index in [4.69, 9.17) is 5.73 Å². The molecule has 3 N–H and O–H groups in total. The zero-order chi connectivity index (χ0) is 15.8. The van der Waals surface area contributed by atoms with Gasteiger partial charge in [-0.1, -0.05) is 0 Å². The standard InChI is InChI=1S/C13H19F3N4O/c1-7-10(17)11(20(2)19-7)18-12(21)8-3-5-9(6-4-8)13(14,15)16/h8-9H,3-6,17H2,1-2H3,(H,18,21). The van der Waals surface area contributed by atoms with Crippen LogP contribution >= 0.6 is 0 Å². The minimum atomic E-state index is -4.16. The minimum Gasteiger partial charge on any atom is -0.394 e. The molecule has 1 amide bonds. The Hall–Kier alpha value is -1.73. The summed E-state index contributed by atoms with van der Waals surface area (Å²) in [6.45, 7) is 1.72. The van der Waals surface area contributed by atoms with E-state index in [1.807, 2.05) is 0 Å². The fourth-order valence-electron chi connectivity index (χ4n) is 2.72. The molecular weight excluding hydrogens is 285 g/mol. The van der Waals surface area contributed by atoms with Gasteiger partial charge in [0.05, 0.1) is 17.3 Å². The molecule has 0 spiro atoms. The third-order valence-electron chi connectivity index (χ3n) is 4.07. The van der Waals surface area contributed by atoms with Gasteiger partial charge in [0.25, 0.3) is 0 Å². The lowest BCUT2D eigenvalue weighted by Gasteiger charge is -2.29. The van der Waals surface area contributed by atoms with Gasteiger partial charge in [0.1, 0.15) is 0 Å². The van der Waals surface area contributed by atoms with Crippen molar-refractivity contribution in [3.63, 3.8) is 0 Å². The van der Waals surface area contributed by atoms with Crippen LogP contribution in [0.15, 0.2) is 0 Å². The molecule has 0 bridgehead atoms. The van der Waals surface area contributed by atoms with Gasteiger partial charge in [-0.15, -0.1) is 0 Å².